The Hall–Kier alpha value is -0.810. The maximum Gasteiger partial charge on any atom is 0.303 e. The van der Waals surface area contributed by atoms with Gasteiger partial charge in [-0.2, -0.15) is 0 Å². The molecule has 5 aliphatic carbocycles. The number of aliphatic hydroxyl groups is 1. The number of rotatable bonds is 8. The van der Waals surface area contributed by atoms with E-state index in [0.717, 1.165) is 90.2 Å². The highest BCUT2D eigenvalue weighted by Gasteiger charge is 2.85. The lowest BCUT2D eigenvalue weighted by Crippen LogP contribution is -2.57. The van der Waals surface area contributed by atoms with Crippen molar-refractivity contribution < 1.29 is 33.6 Å². The Kier molecular flexibility index (Phi) is 9.58. The quantitative estimate of drug-likeness (QED) is 0.315. The molecule has 2 spiro atoms. The van der Waals surface area contributed by atoms with Gasteiger partial charge in [0, 0.05) is 46.2 Å². The Balaban J connectivity index is 0.953. The fraction of sp³-hybridized carbons (Fsp3) is 0.976. The molecule has 0 radical (unpaired) electrons. The number of morpholine rings is 2. The van der Waals surface area contributed by atoms with Gasteiger partial charge in [-0.1, -0.05) is 34.6 Å². The lowest BCUT2D eigenvalue weighted by atomic mass is 9.46. The van der Waals surface area contributed by atoms with E-state index in [1.54, 1.807) is 13.8 Å². The summed E-state index contributed by atoms with van der Waals surface area (Å²) in [6.07, 6.45) is 8.96. The summed E-state index contributed by atoms with van der Waals surface area (Å²) in [5.41, 5.74) is 0.0797. The lowest BCUT2D eigenvalue weighted by molar-refractivity contribution is -0.245. The van der Waals surface area contributed by atoms with Crippen LogP contribution in [0.5, 0.6) is 0 Å². The largest absolute Gasteiger partial charge is 0.457 e. The summed E-state index contributed by atoms with van der Waals surface area (Å²) in [4.78, 5) is 17.2. The first-order valence-corrected chi connectivity index (χ1v) is 21.0. The minimum Gasteiger partial charge on any atom is -0.457 e. The van der Waals surface area contributed by atoms with Crippen LogP contribution in [0.25, 0.3) is 0 Å². The van der Waals surface area contributed by atoms with Crippen molar-refractivity contribution in [2.45, 2.75) is 143 Å². The maximum absolute atomic E-state index is 12.1. The number of hydrogen-bond donors (Lipinski definition) is 1. The third-order valence-corrected chi connectivity index (χ3v) is 17.1. The van der Waals surface area contributed by atoms with E-state index in [0.29, 0.717) is 34.5 Å². The molecule has 0 bridgehead atoms. The van der Waals surface area contributed by atoms with Crippen molar-refractivity contribution in [3.63, 3.8) is 0 Å². The standard InChI is InChI=1S/C42H70N2O7/c1-26-23-32(37(39(6,7)46)49-28(3)45)50-31-24-30-29-9-10-33-38(4,5)34(11-12-42(33)27(2)41(29,42)14-13-40(30,8)36(26)31)51-35-25-44(19-22-48-35)16-15-43-17-20-47-21-18-43/h26-27,29-37,46H,9-25H2,1-8H3. The zero-order valence-electron chi connectivity index (χ0n) is 33.2. The number of ether oxygens (including phenoxy) is 5. The van der Waals surface area contributed by atoms with Gasteiger partial charge in [0.2, 0.25) is 0 Å². The molecule has 0 aromatic heterocycles. The molecule has 8 rings (SSSR count). The van der Waals surface area contributed by atoms with Gasteiger partial charge >= 0.3 is 5.97 Å². The monoisotopic (exact) mass is 715 g/mol. The summed E-state index contributed by atoms with van der Waals surface area (Å²) in [6, 6.07) is 0. The van der Waals surface area contributed by atoms with Gasteiger partial charge in [-0.25, -0.2) is 0 Å². The predicted molar refractivity (Wildman–Crippen MR) is 195 cm³/mol. The van der Waals surface area contributed by atoms with Crippen LogP contribution in [0, 0.1) is 57.2 Å². The van der Waals surface area contributed by atoms with E-state index in [4.69, 9.17) is 23.7 Å². The molecule has 0 aromatic rings. The van der Waals surface area contributed by atoms with Crippen LogP contribution in [0.2, 0.25) is 0 Å². The van der Waals surface area contributed by atoms with E-state index in [9.17, 15) is 9.90 Å². The highest BCUT2D eigenvalue weighted by atomic mass is 16.7. The molecule has 9 nitrogen and oxygen atoms in total. The van der Waals surface area contributed by atoms with Crippen LogP contribution in [-0.4, -0.2) is 116 Å². The van der Waals surface area contributed by atoms with Crippen molar-refractivity contribution >= 4 is 5.97 Å². The van der Waals surface area contributed by atoms with E-state index in [1.165, 1.54) is 39.0 Å². The number of fused-ring (bicyclic) bond motifs is 4. The highest BCUT2D eigenvalue weighted by molar-refractivity contribution is 5.66. The first kappa shape index (κ1) is 37.1. The average molecular weight is 715 g/mol. The zero-order valence-corrected chi connectivity index (χ0v) is 33.2. The van der Waals surface area contributed by atoms with Gasteiger partial charge in [-0.15, -0.1) is 0 Å². The van der Waals surface area contributed by atoms with E-state index in [-0.39, 0.29) is 41.4 Å². The Morgan fingerprint density at radius 2 is 1.65 bits per heavy atom. The van der Waals surface area contributed by atoms with Crippen LogP contribution in [0.1, 0.15) is 107 Å². The van der Waals surface area contributed by atoms with Gasteiger partial charge in [-0.3, -0.25) is 14.6 Å². The fourth-order valence-corrected chi connectivity index (χ4v) is 15.1. The Labute approximate surface area is 308 Å². The molecule has 3 aliphatic heterocycles. The third kappa shape index (κ3) is 5.82. The van der Waals surface area contributed by atoms with Gasteiger partial charge in [0.25, 0.3) is 0 Å². The van der Waals surface area contributed by atoms with Crippen LogP contribution in [0.15, 0.2) is 0 Å². The minimum absolute atomic E-state index is 0.110. The van der Waals surface area contributed by atoms with Crippen LogP contribution < -0.4 is 0 Å². The second-order valence-corrected chi connectivity index (χ2v) is 20.1. The van der Waals surface area contributed by atoms with Gasteiger partial charge in [0.1, 0.15) is 0 Å². The Morgan fingerprint density at radius 3 is 2.37 bits per heavy atom. The molecule has 290 valence electrons. The molecule has 3 saturated heterocycles. The van der Waals surface area contributed by atoms with E-state index < -0.39 is 11.7 Å². The fourth-order valence-electron chi connectivity index (χ4n) is 15.1. The Morgan fingerprint density at radius 1 is 0.922 bits per heavy atom. The Bertz CT molecular complexity index is 1300. The molecule has 8 fully saturated rings. The summed E-state index contributed by atoms with van der Waals surface area (Å²) in [7, 11) is 0. The van der Waals surface area contributed by atoms with Crippen molar-refractivity contribution in [1.29, 1.82) is 0 Å². The number of hydrogen-bond acceptors (Lipinski definition) is 9. The van der Waals surface area contributed by atoms with E-state index in [1.807, 2.05) is 0 Å². The third-order valence-electron chi connectivity index (χ3n) is 17.1. The lowest BCUT2D eigenvalue weighted by Gasteiger charge is -2.60. The minimum atomic E-state index is -1.16. The number of nitrogens with zero attached hydrogens (tertiary/aromatic N) is 2. The van der Waals surface area contributed by atoms with Crippen molar-refractivity contribution in [1.82, 2.24) is 9.80 Å². The molecule has 0 amide bonds. The van der Waals surface area contributed by atoms with E-state index in [2.05, 4.69) is 44.4 Å². The summed E-state index contributed by atoms with van der Waals surface area (Å²) < 4.78 is 31.6. The number of esters is 1. The van der Waals surface area contributed by atoms with Crippen molar-refractivity contribution in [2.24, 2.45) is 57.2 Å². The molecule has 14 unspecified atom stereocenters. The summed E-state index contributed by atoms with van der Waals surface area (Å²) in [5, 5.41) is 11.0. The molecular formula is C42H70N2O7. The second kappa shape index (κ2) is 13.2. The van der Waals surface area contributed by atoms with Gasteiger partial charge < -0.3 is 28.8 Å². The molecular weight excluding hydrogens is 644 g/mol. The predicted octanol–water partition coefficient (Wildman–Crippen LogP) is 5.76. The zero-order chi connectivity index (χ0) is 36.1. The maximum atomic E-state index is 12.1. The summed E-state index contributed by atoms with van der Waals surface area (Å²) in [6.45, 7) is 26.2. The van der Waals surface area contributed by atoms with Gasteiger partial charge in [0.05, 0.1) is 43.7 Å². The van der Waals surface area contributed by atoms with Crippen LogP contribution in [0.3, 0.4) is 0 Å². The summed E-state index contributed by atoms with van der Waals surface area (Å²) >= 11 is 0. The molecule has 8 aliphatic rings. The average Bonchev–Trinajstić information content (AvgIpc) is 3.44. The van der Waals surface area contributed by atoms with Crippen molar-refractivity contribution in [2.75, 3.05) is 59.1 Å². The molecule has 3 heterocycles. The van der Waals surface area contributed by atoms with Crippen LogP contribution in [0.4, 0.5) is 0 Å². The van der Waals surface area contributed by atoms with E-state index >= 15 is 0 Å². The number of carbonyl (C=O) groups is 1. The van der Waals surface area contributed by atoms with Crippen LogP contribution >= 0.6 is 0 Å². The van der Waals surface area contributed by atoms with Crippen molar-refractivity contribution in [3.05, 3.63) is 0 Å². The summed E-state index contributed by atoms with van der Waals surface area (Å²) in [5.74, 6) is 3.47. The SMILES string of the molecule is CC(=O)OC(C1CC(C)C2C(CC3C4CCC5C(C)(C)C(OC6CN(CCN7CCOCC7)CCO6)CCC56C(C)C46CCC32C)O1)C(C)(C)O. The number of carbonyl (C=O) groups excluding carboxylic acids is 1. The van der Waals surface area contributed by atoms with Crippen molar-refractivity contribution in [3.8, 4) is 0 Å². The normalized spacial score (nSPS) is 48.7. The molecule has 9 heteroatoms. The van der Waals surface area contributed by atoms with Gasteiger partial charge in [-0.05, 0) is 122 Å². The topological polar surface area (TPSA) is 89.9 Å². The molecule has 1 N–H and O–H groups in total. The van der Waals surface area contributed by atoms with Gasteiger partial charge in [0.15, 0.2) is 12.4 Å². The highest BCUT2D eigenvalue weighted by Crippen LogP contribution is 2.89. The molecule has 51 heavy (non-hydrogen) atoms. The molecule has 0 aromatic carbocycles. The smallest absolute Gasteiger partial charge is 0.303 e. The van der Waals surface area contributed by atoms with Crippen LogP contribution in [-0.2, 0) is 28.5 Å². The second-order valence-electron chi connectivity index (χ2n) is 20.1. The first-order chi connectivity index (χ1) is 24.1. The molecule has 14 atom stereocenters. The first-order valence-electron chi connectivity index (χ1n) is 21.0. The molecule has 5 saturated carbocycles.